The standard InChI is InChI=1S/C16H31NO/c1-3-13-17-14(4-2)7-8-15-9-12-16(18-15)10-5-6-11-16/h14-15,17H,3-13H2,1-2H3. The zero-order chi connectivity index (χ0) is 12.8. The molecule has 106 valence electrons. The van der Waals surface area contributed by atoms with Gasteiger partial charge in [0.1, 0.15) is 0 Å². The minimum atomic E-state index is 0.323. The third-order valence-corrected chi connectivity index (χ3v) is 4.87. The van der Waals surface area contributed by atoms with Gasteiger partial charge in [0.05, 0.1) is 11.7 Å². The fourth-order valence-corrected chi connectivity index (χ4v) is 3.67. The highest BCUT2D eigenvalue weighted by molar-refractivity contribution is 4.92. The van der Waals surface area contributed by atoms with Crippen LogP contribution in [0.4, 0.5) is 0 Å². The summed E-state index contributed by atoms with van der Waals surface area (Å²) in [6, 6.07) is 0.702. The van der Waals surface area contributed by atoms with Gasteiger partial charge in [0.25, 0.3) is 0 Å². The van der Waals surface area contributed by atoms with Gasteiger partial charge in [-0.05, 0) is 57.9 Å². The van der Waals surface area contributed by atoms with Crippen LogP contribution < -0.4 is 5.32 Å². The SMILES string of the molecule is CCCNC(CC)CCC1CCC2(CCCC2)O1. The van der Waals surface area contributed by atoms with Gasteiger partial charge < -0.3 is 10.1 Å². The van der Waals surface area contributed by atoms with Crippen molar-refractivity contribution in [3.05, 3.63) is 0 Å². The first-order valence-electron chi connectivity index (χ1n) is 8.19. The van der Waals surface area contributed by atoms with Crippen LogP contribution in [0.3, 0.4) is 0 Å². The summed E-state index contributed by atoms with van der Waals surface area (Å²) in [6.07, 6.45) is 13.7. The zero-order valence-electron chi connectivity index (χ0n) is 12.3. The molecule has 2 fully saturated rings. The highest BCUT2D eigenvalue weighted by Crippen LogP contribution is 2.44. The molecule has 2 aliphatic rings. The van der Waals surface area contributed by atoms with E-state index in [-0.39, 0.29) is 0 Å². The van der Waals surface area contributed by atoms with E-state index in [1.165, 1.54) is 64.2 Å². The largest absolute Gasteiger partial charge is 0.372 e. The molecule has 0 bridgehead atoms. The van der Waals surface area contributed by atoms with Crippen molar-refractivity contribution in [2.45, 2.75) is 95.8 Å². The van der Waals surface area contributed by atoms with Crippen molar-refractivity contribution in [3.8, 4) is 0 Å². The van der Waals surface area contributed by atoms with E-state index >= 15 is 0 Å². The lowest BCUT2D eigenvalue weighted by Crippen LogP contribution is -2.30. The summed E-state index contributed by atoms with van der Waals surface area (Å²) in [5.74, 6) is 0. The Morgan fingerprint density at radius 1 is 1.22 bits per heavy atom. The topological polar surface area (TPSA) is 21.3 Å². The maximum Gasteiger partial charge on any atom is 0.0687 e. The van der Waals surface area contributed by atoms with Crippen molar-refractivity contribution < 1.29 is 4.74 Å². The second-order valence-corrected chi connectivity index (χ2v) is 6.31. The lowest BCUT2D eigenvalue weighted by Gasteiger charge is -2.24. The van der Waals surface area contributed by atoms with Crippen LogP contribution >= 0.6 is 0 Å². The first-order chi connectivity index (χ1) is 8.78. The van der Waals surface area contributed by atoms with Gasteiger partial charge in [-0.3, -0.25) is 0 Å². The smallest absolute Gasteiger partial charge is 0.0687 e. The molecule has 1 saturated heterocycles. The lowest BCUT2D eigenvalue weighted by molar-refractivity contribution is -0.0401. The molecule has 18 heavy (non-hydrogen) atoms. The van der Waals surface area contributed by atoms with Crippen molar-refractivity contribution in [2.75, 3.05) is 6.54 Å². The molecule has 0 aromatic carbocycles. The molecule has 2 atom stereocenters. The van der Waals surface area contributed by atoms with Crippen molar-refractivity contribution >= 4 is 0 Å². The maximum atomic E-state index is 6.38. The molecular formula is C16H31NO. The molecule has 2 heteroatoms. The summed E-state index contributed by atoms with van der Waals surface area (Å²) in [6.45, 7) is 5.69. The van der Waals surface area contributed by atoms with Crippen LogP contribution in [0, 0.1) is 0 Å². The Labute approximate surface area is 113 Å². The third kappa shape index (κ3) is 3.71. The first-order valence-corrected chi connectivity index (χ1v) is 8.19. The van der Waals surface area contributed by atoms with E-state index in [1.54, 1.807) is 0 Å². The van der Waals surface area contributed by atoms with E-state index in [4.69, 9.17) is 4.74 Å². The molecule has 0 amide bonds. The van der Waals surface area contributed by atoms with Crippen LogP contribution in [-0.4, -0.2) is 24.3 Å². The normalized spacial score (nSPS) is 28.0. The molecule has 1 saturated carbocycles. The van der Waals surface area contributed by atoms with E-state index in [1.807, 2.05) is 0 Å². The summed E-state index contributed by atoms with van der Waals surface area (Å²) < 4.78 is 6.38. The number of nitrogens with one attached hydrogen (secondary N) is 1. The predicted octanol–water partition coefficient (Wildman–Crippen LogP) is 4.04. The predicted molar refractivity (Wildman–Crippen MR) is 76.9 cm³/mol. The van der Waals surface area contributed by atoms with Crippen molar-refractivity contribution in [1.82, 2.24) is 5.32 Å². The van der Waals surface area contributed by atoms with E-state index in [2.05, 4.69) is 19.2 Å². The van der Waals surface area contributed by atoms with Crippen LogP contribution in [0.5, 0.6) is 0 Å². The molecule has 1 aliphatic carbocycles. The molecule has 0 aromatic heterocycles. The van der Waals surface area contributed by atoms with Gasteiger partial charge in [-0.1, -0.05) is 26.7 Å². The van der Waals surface area contributed by atoms with Crippen molar-refractivity contribution in [1.29, 1.82) is 0 Å². The minimum Gasteiger partial charge on any atom is -0.372 e. The summed E-state index contributed by atoms with van der Waals surface area (Å²) >= 11 is 0. The molecule has 2 unspecified atom stereocenters. The summed E-state index contributed by atoms with van der Waals surface area (Å²) in [7, 11) is 0. The summed E-state index contributed by atoms with van der Waals surface area (Å²) in [5.41, 5.74) is 0.323. The third-order valence-electron chi connectivity index (χ3n) is 4.87. The highest BCUT2D eigenvalue weighted by atomic mass is 16.5. The molecule has 2 nitrogen and oxygen atoms in total. The van der Waals surface area contributed by atoms with Crippen LogP contribution in [0.15, 0.2) is 0 Å². The molecular weight excluding hydrogens is 222 g/mol. The van der Waals surface area contributed by atoms with Crippen LogP contribution in [0.1, 0.15) is 78.1 Å². The fraction of sp³-hybridized carbons (Fsp3) is 1.00. The molecule has 2 rings (SSSR count). The minimum absolute atomic E-state index is 0.323. The Morgan fingerprint density at radius 3 is 2.67 bits per heavy atom. The van der Waals surface area contributed by atoms with E-state index in [0.717, 1.165) is 6.54 Å². The summed E-state index contributed by atoms with van der Waals surface area (Å²) in [5, 5.41) is 3.65. The number of ether oxygens (including phenoxy) is 1. The summed E-state index contributed by atoms with van der Waals surface area (Å²) in [4.78, 5) is 0. The molecule has 0 aromatic rings. The van der Waals surface area contributed by atoms with Gasteiger partial charge in [0.2, 0.25) is 0 Å². The maximum absolute atomic E-state index is 6.38. The monoisotopic (exact) mass is 253 g/mol. The average Bonchev–Trinajstić information content (AvgIpc) is 3.01. The number of hydrogen-bond acceptors (Lipinski definition) is 2. The second kappa shape index (κ2) is 6.91. The van der Waals surface area contributed by atoms with E-state index in [0.29, 0.717) is 17.7 Å². The molecule has 1 N–H and O–H groups in total. The van der Waals surface area contributed by atoms with E-state index in [9.17, 15) is 0 Å². The van der Waals surface area contributed by atoms with Gasteiger partial charge in [-0.25, -0.2) is 0 Å². The van der Waals surface area contributed by atoms with Crippen LogP contribution in [0.2, 0.25) is 0 Å². The molecule has 0 radical (unpaired) electrons. The average molecular weight is 253 g/mol. The fourth-order valence-electron chi connectivity index (χ4n) is 3.67. The first kappa shape index (κ1) is 14.3. The Hall–Kier alpha value is -0.0800. The van der Waals surface area contributed by atoms with Gasteiger partial charge in [0.15, 0.2) is 0 Å². The highest BCUT2D eigenvalue weighted by Gasteiger charge is 2.41. The Morgan fingerprint density at radius 2 is 2.00 bits per heavy atom. The molecule has 1 heterocycles. The van der Waals surface area contributed by atoms with Crippen LogP contribution in [-0.2, 0) is 4.74 Å². The Bertz CT molecular complexity index is 235. The second-order valence-electron chi connectivity index (χ2n) is 6.31. The molecule has 1 aliphatic heterocycles. The Balaban J connectivity index is 1.67. The zero-order valence-corrected chi connectivity index (χ0v) is 12.3. The van der Waals surface area contributed by atoms with Crippen LogP contribution in [0.25, 0.3) is 0 Å². The molecule has 1 spiro atoms. The van der Waals surface area contributed by atoms with Gasteiger partial charge in [0, 0.05) is 6.04 Å². The van der Waals surface area contributed by atoms with Gasteiger partial charge in [-0.15, -0.1) is 0 Å². The number of rotatable bonds is 7. The van der Waals surface area contributed by atoms with E-state index < -0.39 is 0 Å². The van der Waals surface area contributed by atoms with Gasteiger partial charge >= 0.3 is 0 Å². The van der Waals surface area contributed by atoms with Gasteiger partial charge in [-0.2, -0.15) is 0 Å². The number of hydrogen-bond donors (Lipinski definition) is 1. The quantitative estimate of drug-likeness (QED) is 0.739. The van der Waals surface area contributed by atoms with Crippen molar-refractivity contribution in [3.63, 3.8) is 0 Å². The lowest BCUT2D eigenvalue weighted by atomic mass is 9.97. The van der Waals surface area contributed by atoms with Crippen molar-refractivity contribution in [2.24, 2.45) is 0 Å². The Kier molecular flexibility index (Phi) is 5.50.